The minimum absolute atomic E-state index is 0.0343. The highest BCUT2D eigenvalue weighted by molar-refractivity contribution is 6.74. The SMILES string of the molecule is CCCCC[C@@](C)(/C=C/[C@H]1[C@H](O[Si](C)(C)C(C)(C)C)CC(=O)[C@@H]1C/C=C/CCCC(=O)OC)O[Si](C)(C)C. The van der Waals surface area contributed by atoms with Crippen LogP contribution in [0.2, 0.25) is 37.8 Å². The Morgan fingerprint density at radius 2 is 1.68 bits per heavy atom. The molecule has 1 aliphatic rings. The molecule has 0 bridgehead atoms. The van der Waals surface area contributed by atoms with Crippen molar-refractivity contribution >= 4 is 28.4 Å². The molecule has 0 spiro atoms. The molecular formula is C31H58O5Si2. The first-order chi connectivity index (χ1) is 17.4. The van der Waals surface area contributed by atoms with Gasteiger partial charge in [0.05, 0.1) is 18.8 Å². The van der Waals surface area contributed by atoms with Gasteiger partial charge in [0.15, 0.2) is 16.6 Å². The van der Waals surface area contributed by atoms with E-state index in [1.807, 2.05) is 0 Å². The summed E-state index contributed by atoms with van der Waals surface area (Å²) in [5, 5.41) is 0.0809. The first-order valence-corrected chi connectivity index (χ1v) is 21.1. The van der Waals surface area contributed by atoms with Crippen LogP contribution < -0.4 is 0 Å². The molecule has 0 aliphatic heterocycles. The van der Waals surface area contributed by atoms with Gasteiger partial charge < -0.3 is 13.6 Å². The maximum absolute atomic E-state index is 13.3. The Morgan fingerprint density at radius 1 is 1.03 bits per heavy atom. The highest BCUT2D eigenvalue weighted by Gasteiger charge is 2.47. The monoisotopic (exact) mass is 566 g/mol. The maximum atomic E-state index is 13.3. The summed E-state index contributed by atoms with van der Waals surface area (Å²) in [6.07, 6.45) is 16.3. The number of esters is 1. The molecule has 220 valence electrons. The summed E-state index contributed by atoms with van der Waals surface area (Å²) in [5.41, 5.74) is -0.332. The third kappa shape index (κ3) is 12.0. The Morgan fingerprint density at radius 3 is 2.24 bits per heavy atom. The summed E-state index contributed by atoms with van der Waals surface area (Å²) >= 11 is 0. The zero-order valence-corrected chi connectivity index (χ0v) is 28.4. The van der Waals surface area contributed by atoms with E-state index in [1.165, 1.54) is 20.0 Å². The number of allylic oxidation sites excluding steroid dienone is 2. The van der Waals surface area contributed by atoms with Crippen LogP contribution in [0.4, 0.5) is 0 Å². The van der Waals surface area contributed by atoms with Gasteiger partial charge in [-0.1, -0.05) is 71.3 Å². The van der Waals surface area contributed by atoms with Crippen molar-refractivity contribution in [2.24, 2.45) is 11.8 Å². The molecule has 38 heavy (non-hydrogen) atoms. The second-order valence-corrected chi connectivity index (χ2v) is 23.0. The van der Waals surface area contributed by atoms with Gasteiger partial charge in [0.25, 0.3) is 0 Å². The second kappa shape index (κ2) is 15.1. The lowest BCUT2D eigenvalue weighted by Crippen LogP contribution is -2.45. The van der Waals surface area contributed by atoms with Crippen LogP contribution in [0.25, 0.3) is 0 Å². The first-order valence-electron chi connectivity index (χ1n) is 14.8. The summed E-state index contributed by atoms with van der Waals surface area (Å²) in [6, 6.07) is 0. The zero-order chi connectivity index (χ0) is 29.2. The number of rotatable bonds is 16. The second-order valence-electron chi connectivity index (χ2n) is 13.8. The summed E-state index contributed by atoms with van der Waals surface area (Å²) in [5.74, 6) is 0.0563. The van der Waals surface area contributed by atoms with E-state index in [0.717, 1.165) is 25.7 Å². The predicted molar refractivity (Wildman–Crippen MR) is 164 cm³/mol. The molecule has 0 radical (unpaired) electrons. The quantitative estimate of drug-likeness (QED) is 0.0810. The fourth-order valence-corrected chi connectivity index (χ4v) is 7.84. The minimum atomic E-state index is -2.05. The van der Waals surface area contributed by atoms with Crippen molar-refractivity contribution in [1.82, 2.24) is 0 Å². The van der Waals surface area contributed by atoms with E-state index in [0.29, 0.717) is 25.0 Å². The number of methoxy groups -OCH3 is 1. The van der Waals surface area contributed by atoms with Crippen LogP contribution in [0.5, 0.6) is 0 Å². The van der Waals surface area contributed by atoms with Crippen LogP contribution in [-0.4, -0.2) is 47.2 Å². The van der Waals surface area contributed by atoms with Crippen LogP contribution >= 0.6 is 0 Å². The number of Topliss-reactive ketones (excluding diaryl/α,β-unsaturated/α-hetero) is 1. The molecule has 0 saturated heterocycles. The van der Waals surface area contributed by atoms with Crippen molar-refractivity contribution in [3.05, 3.63) is 24.3 Å². The Labute approximate surface area is 236 Å². The molecule has 0 aromatic carbocycles. The van der Waals surface area contributed by atoms with Gasteiger partial charge in [0.1, 0.15) is 5.78 Å². The van der Waals surface area contributed by atoms with Crippen LogP contribution in [0.1, 0.15) is 92.4 Å². The lowest BCUT2D eigenvalue weighted by Gasteiger charge is -2.40. The average Bonchev–Trinajstić information content (AvgIpc) is 3.05. The topological polar surface area (TPSA) is 61.8 Å². The third-order valence-electron chi connectivity index (χ3n) is 7.99. The Bertz CT molecular complexity index is 806. The van der Waals surface area contributed by atoms with E-state index in [9.17, 15) is 9.59 Å². The van der Waals surface area contributed by atoms with Gasteiger partial charge in [-0.15, -0.1) is 0 Å². The highest BCUT2D eigenvalue weighted by Crippen LogP contribution is 2.43. The van der Waals surface area contributed by atoms with Gasteiger partial charge in [-0.2, -0.15) is 0 Å². The Kier molecular flexibility index (Phi) is 13.9. The van der Waals surface area contributed by atoms with Crippen molar-refractivity contribution in [3.63, 3.8) is 0 Å². The number of hydrogen-bond donors (Lipinski definition) is 0. The van der Waals surface area contributed by atoms with Crippen LogP contribution in [-0.2, 0) is 23.2 Å². The minimum Gasteiger partial charge on any atom is -0.469 e. The number of hydrogen-bond acceptors (Lipinski definition) is 5. The number of ketones is 1. The summed E-state index contributed by atoms with van der Waals surface area (Å²) in [6.45, 7) is 22.5. The van der Waals surface area contributed by atoms with E-state index in [4.69, 9.17) is 13.6 Å². The molecule has 0 heterocycles. The van der Waals surface area contributed by atoms with Crippen molar-refractivity contribution in [2.75, 3.05) is 7.11 Å². The molecular weight excluding hydrogens is 509 g/mol. The van der Waals surface area contributed by atoms with Crippen molar-refractivity contribution in [1.29, 1.82) is 0 Å². The first kappa shape index (κ1) is 35.0. The molecule has 1 fully saturated rings. The van der Waals surface area contributed by atoms with Crippen molar-refractivity contribution in [3.8, 4) is 0 Å². The van der Waals surface area contributed by atoms with Crippen LogP contribution in [0.15, 0.2) is 24.3 Å². The van der Waals surface area contributed by atoms with E-state index in [-0.39, 0.29) is 34.5 Å². The number of carbonyl (C=O) groups excluding carboxylic acids is 2. The molecule has 1 saturated carbocycles. The highest BCUT2D eigenvalue weighted by atomic mass is 28.4. The molecule has 0 N–H and O–H groups in total. The number of ether oxygens (including phenoxy) is 1. The molecule has 0 aromatic heterocycles. The normalized spacial score (nSPS) is 22.9. The van der Waals surface area contributed by atoms with Gasteiger partial charge in [-0.05, 0) is 70.4 Å². The smallest absolute Gasteiger partial charge is 0.305 e. The number of unbranched alkanes of at least 4 members (excludes halogenated alkanes) is 3. The predicted octanol–water partition coefficient (Wildman–Crippen LogP) is 8.62. The van der Waals surface area contributed by atoms with Gasteiger partial charge in [0, 0.05) is 24.7 Å². The molecule has 1 aliphatic carbocycles. The summed E-state index contributed by atoms with van der Waals surface area (Å²) < 4.78 is 18.3. The average molecular weight is 567 g/mol. The van der Waals surface area contributed by atoms with Gasteiger partial charge >= 0.3 is 5.97 Å². The molecule has 0 aromatic rings. The summed E-state index contributed by atoms with van der Waals surface area (Å²) in [4.78, 5) is 24.7. The third-order valence-corrected chi connectivity index (χ3v) is 13.6. The lowest BCUT2D eigenvalue weighted by molar-refractivity contribution is -0.140. The Balaban J connectivity index is 3.19. The van der Waals surface area contributed by atoms with Crippen LogP contribution in [0, 0.1) is 11.8 Å². The van der Waals surface area contributed by atoms with Gasteiger partial charge in [0.2, 0.25) is 0 Å². The standard InChI is InChI=1S/C31H58O5Si2/c1-12-13-18-22-31(5,36-37(7,8)9)23-21-26-25(19-16-14-15-17-20-29(33)34-6)27(32)24-28(26)35-38(10,11)30(2,3)4/h14,16,21,23,25-26,28H,12-13,15,17-20,22,24H2,1-11H3/b16-14+,23-21+/t25-,26-,28-,31+/m1/s1. The number of carbonyl (C=O) groups is 2. The fraction of sp³-hybridized carbons (Fsp3) is 0.806. The van der Waals surface area contributed by atoms with Crippen molar-refractivity contribution < 1.29 is 23.2 Å². The summed E-state index contributed by atoms with van der Waals surface area (Å²) in [7, 11) is -2.40. The Hall–Kier alpha value is -1.03. The zero-order valence-electron chi connectivity index (χ0n) is 26.4. The van der Waals surface area contributed by atoms with E-state index < -0.39 is 16.6 Å². The van der Waals surface area contributed by atoms with Gasteiger partial charge in [-0.25, -0.2) is 0 Å². The fourth-order valence-electron chi connectivity index (χ4n) is 4.92. The van der Waals surface area contributed by atoms with E-state index >= 15 is 0 Å². The maximum Gasteiger partial charge on any atom is 0.305 e. The largest absolute Gasteiger partial charge is 0.469 e. The van der Waals surface area contributed by atoms with Crippen LogP contribution in [0.3, 0.4) is 0 Å². The molecule has 1 rings (SSSR count). The van der Waals surface area contributed by atoms with E-state index in [1.54, 1.807) is 0 Å². The molecule has 0 amide bonds. The van der Waals surface area contributed by atoms with E-state index in [2.05, 4.69) is 91.7 Å². The van der Waals surface area contributed by atoms with Gasteiger partial charge in [-0.3, -0.25) is 9.59 Å². The molecule has 7 heteroatoms. The van der Waals surface area contributed by atoms with Crippen molar-refractivity contribution in [2.45, 2.75) is 142 Å². The molecule has 5 nitrogen and oxygen atoms in total. The lowest BCUT2D eigenvalue weighted by atomic mass is 9.88. The molecule has 0 unspecified atom stereocenters. The molecule has 4 atom stereocenters.